The summed E-state index contributed by atoms with van der Waals surface area (Å²) in [6.45, 7) is 0.763. The van der Waals surface area contributed by atoms with Crippen LogP contribution in [-0.2, 0) is 6.54 Å². The largest absolute Gasteiger partial charge is 0.454 e. The Bertz CT molecular complexity index is 954. The number of anilines is 3. The topological polar surface area (TPSA) is 81.2 Å². The summed E-state index contributed by atoms with van der Waals surface area (Å²) in [5, 5.41) is 15.2. The van der Waals surface area contributed by atoms with Gasteiger partial charge in [-0.05, 0) is 35.9 Å². The van der Waals surface area contributed by atoms with Crippen molar-refractivity contribution >= 4 is 40.7 Å². The Morgan fingerprint density at radius 1 is 1.04 bits per heavy atom. The molecule has 0 saturated carbocycles. The SMILES string of the molecule is Clc1ccc(Cl)c(Nc2cnnc(NCc3ccc4c(c3)OCO4)n2)c1. The van der Waals surface area contributed by atoms with E-state index in [-0.39, 0.29) is 6.79 Å². The third-order valence-electron chi connectivity index (χ3n) is 3.64. The maximum Gasteiger partial charge on any atom is 0.244 e. The van der Waals surface area contributed by atoms with Crippen LogP contribution in [0.15, 0.2) is 42.6 Å². The number of nitrogens with zero attached hydrogens (tertiary/aromatic N) is 3. The second kappa shape index (κ2) is 7.23. The van der Waals surface area contributed by atoms with E-state index in [1.807, 2.05) is 18.2 Å². The molecule has 1 aromatic heterocycles. The van der Waals surface area contributed by atoms with Crippen LogP contribution in [0.3, 0.4) is 0 Å². The number of benzene rings is 2. The van der Waals surface area contributed by atoms with Gasteiger partial charge in [0.15, 0.2) is 17.3 Å². The number of rotatable bonds is 5. The Morgan fingerprint density at radius 2 is 1.92 bits per heavy atom. The number of halogens is 2. The minimum atomic E-state index is 0.249. The first kappa shape index (κ1) is 16.7. The van der Waals surface area contributed by atoms with Gasteiger partial charge in [0.05, 0.1) is 16.9 Å². The number of fused-ring (bicyclic) bond motifs is 1. The molecule has 9 heteroatoms. The van der Waals surface area contributed by atoms with Crippen molar-refractivity contribution in [3.8, 4) is 11.5 Å². The average Bonchev–Trinajstić information content (AvgIpc) is 3.11. The molecule has 1 aliphatic heterocycles. The Hall–Kier alpha value is -2.77. The highest BCUT2D eigenvalue weighted by atomic mass is 35.5. The van der Waals surface area contributed by atoms with Crippen molar-refractivity contribution in [2.24, 2.45) is 0 Å². The monoisotopic (exact) mass is 389 g/mol. The van der Waals surface area contributed by atoms with Gasteiger partial charge in [0.1, 0.15) is 0 Å². The predicted molar refractivity (Wildman–Crippen MR) is 99.5 cm³/mol. The van der Waals surface area contributed by atoms with E-state index < -0.39 is 0 Å². The molecule has 0 aliphatic carbocycles. The first-order valence-electron chi connectivity index (χ1n) is 7.71. The minimum absolute atomic E-state index is 0.249. The van der Waals surface area contributed by atoms with E-state index in [0.717, 1.165) is 17.1 Å². The number of aromatic nitrogens is 3. The van der Waals surface area contributed by atoms with Crippen molar-refractivity contribution in [2.75, 3.05) is 17.4 Å². The van der Waals surface area contributed by atoms with Crippen molar-refractivity contribution in [3.05, 3.63) is 58.2 Å². The summed E-state index contributed by atoms with van der Waals surface area (Å²) in [6, 6.07) is 10.9. The van der Waals surface area contributed by atoms with Gasteiger partial charge in [-0.15, -0.1) is 5.10 Å². The molecule has 2 heterocycles. The molecule has 0 spiro atoms. The highest BCUT2D eigenvalue weighted by Crippen LogP contribution is 2.32. The molecule has 0 fully saturated rings. The van der Waals surface area contributed by atoms with Gasteiger partial charge in [0.25, 0.3) is 0 Å². The summed E-state index contributed by atoms with van der Waals surface area (Å²) >= 11 is 12.1. The van der Waals surface area contributed by atoms with Gasteiger partial charge >= 0.3 is 0 Å². The molecule has 2 aromatic carbocycles. The minimum Gasteiger partial charge on any atom is -0.454 e. The van der Waals surface area contributed by atoms with E-state index in [4.69, 9.17) is 32.7 Å². The van der Waals surface area contributed by atoms with Crippen LogP contribution in [0, 0.1) is 0 Å². The highest BCUT2D eigenvalue weighted by Gasteiger charge is 2.13. The lowest BCUT2D eigenvalue weighted by molar-refractivity contribution is 0.174. The van der Waals surface area contributed by atoms with Crippen LogP contribution in [0.25, 0.3) is 0 Å². The molecule has 2 N–H and O–H groups in total. The lowest BCUT2D eigenvalue weighted by Crippen LogP contribution is -2.06. The Labute approximate surface area is 159 Å². The first-order chi connectivity index (χ1) is 12.7. The van der Waals surface area contributed by atoms with Crippen LogP contribution in [0.5, 0.6) is 11.5 Å². The van der Waals surface area contributed by atoms with E-state index >= 15 is 0 Å². The molecule has 0 saturated heterocycles. The second-order valence-corrected chi connectivity index (χ2v) is 6.30. The van der Waals surface area contributed by atoms with Gasteiger partial charge in [-0.25, -0.2) is 0 Å². The fourth-order valence-corrected chi connectivity index (χ4v) is 2.74. The molecule has 0 bridgehead atoms. The van der Waals surface area contributed by atoms with Crippen molar-refractivity contribution in [2.45, 2.75) is 6.54 Å². The van der Waals surface area contributed by atoms with Crippen LogP contribution in [-0.4, -0.2) is 22.0 Å². The van der Waals surface area contributed by atoms with Crippen molar-refractivity contribution in [3.63, 3.8) is 0 Å². The van der Waals surface area contributed by atoms with Crippen LogP contribution < -0.4 is 20.1 Å². The zero-order valence-electron chi connectivity index (χ0n) is 13.4. The Balaban J connectivity index is 1.45. The Morgan fingerprint density at radius 3 is 2.85 bits per heavy atom. The van der Waals surface area contributed by atoms with Crippen molar-refractivity contribution in [1.82, 2.24) is 15.2 Å². The maximum absolute atomic E-state index is 6.15. The van der Waals surface area contributed by atoms with Crippen molar-refractivity contribution in [1.29, 1.82) is 0 Å². The van der Waals surface area contributed by atoms with Crippen LogP contribution >= 0.6 is 23.2 Å². The first-order valence-corrected chi connectivity index (χ1v) is 8.47. The molecule has 0 atom stereocenters. The van der Waals surface area contributed by atoms with Gasteiger partial charge in [-0.1, -0.05) is 29.3 Å². The molecular formula is C17H13Cl2N5O2. The van der Waals surface area contributed by atoms with E-state index in [9.17, 15) is 0 Å². The number of hydrogen-bond donors (Lipinski definition) is 2. The summed E-state index contributed by atoms with van der Waals surface area (Å²) < 4.78 is 10.7. The van der Waals surface area contributed by atoms with Gasteiger partial charge < -0.3 is 20.1 Å². The van der Waals surface area contributed by atoms with Crippen LogP contribution in [0.1, 0.15) is 5.56 Å². The van der Waals surface area contributed by atoms with E-state index in [2.05, 4.69) is 25.8 Å². The molecule has 4 rings (SSSR count). The van der Waals surface area contributed by atoms with Gasteiger partial charge in [0.2, 0.25) is 12.7 Å². The predicted octanol–water partition coefficient (Wildman–Crippen LogP) is 4.26. The third-order valence-corrected chi connectivity index (χ3v) is 4.20. The fourth-order valence-electron chi connectivity index (χ4n) is 2.40. The summed E-state index contributed by atoms with van der Waals surface area (Å²) in [5.74, 6) is 2.36. The highest BCUT2D eigenvalue weighted by molar-refractivity contribution is 6.35. The lowest BCUT2D eigenvalue weighted by atomic mass is 10.2. The molecule has 0 unspecified atom stereocenters. The third kappa shape index (κ3) is 3.74. The summed E-state index contributed by atoms with van der Waals surface area (Å²) in [5.41, 5.74) is 1.65. The number of hydrogen-bond acceptors (Lipinski definition) is 7. The summed E-state index contributed by atoms with van der Waals surface area (Å²) in [4.78, 5) is 4.37. The van der Waals surface area contributed by atoms with Crippen LogP contribution in [0.4, 0.5) is 17.5 Å². The normalized spacial score (nSPS) is 12.1. The van der Waals surface area contributed by atoms with Crippen LogP contribution in [0.2, 0.25) is 10.0 Å². The zero-order valence-corrected chi connectivity index (χ0v) is 14.9. The second-order valence-electron chi connectivity index (χ2n) is 5.46. The lowest BCUT2D eigenvalue weighted by Gasteiger charge is -2.09. The molecule has 0 amide bonds. The zero-order chi connectivity index (χ0) is 17.9. The van der Waals surface area contributed by atoms with Crippen molar-refractivity contribution < 1.29 is 9.47 Å². The molecule has 1 aliphatic rings. The quantitative estimate of drug-likeness (QED) is 0.674. The maximum atomic E-state index is 6.15. The van der Waals surface area contributed by atoms with E-state index in [0.29, 0.717) is 34.0 Å². The standard InChI is InChI=1S/C17H13Cl2N5O2/c18-11-2-3-12(19)13(6-11)22-16-8-21-24-17(23-16)20-7-10-1-4-14-15(5-10)26-9-25-14/h1-6,8H,7,9H2,(H2,20,22,23,24). The molecule has 132 valence electrons. The van der Waals surface area contributed by atoms with Gasteiger partial charge in [-0.3, -0.25) is 0 Å². The van der Waals surface area contributed by atoms with E-state index in [1.54, 1.807) is 18.2 Å². The molecule has 3 aromatic rings. The molecular weight excluding hydrogens is 377 g/mol. The molecule has 7 nitrogen and oxygen atoms in total. The fraction of sp³-hybridized carbons (Fsp3) is 0.118. The van der Waals surface area contributed by atoms with Gasteiger partial charge in [-0.2, -0.15) is 10.1 Å². The summed E-state index contributed by atoms with van der Waals surface area (Å²) in [6.07, 6.45) is 1.50. The number of nitrogens with one attached hydrogen (secondary N) is 2. The number of ether oxygens (including phenoxy) is 2. The smallest absolute Gasteiger partial charge is 0.244 e. The molecule has 0 radical (unpaired) electrons. The average molecular weight is 390 g/mol. The summed E-state index contributed by atoms with van der Waals surface area (Å²) in [7, 11) is 0. The Kier molecular flexibility index (Phi) is 4.64. The van der Waals surface area contributed by atoms with Gasteiger partial charge in [0, 0.05) is 11.6 Å². The van der Waals surface area contributed by atoms with E-state index in [1.165, 1.54) is 6.20 Å². The molecule has 26 heavy (non-hydrogen) atoms.